The number of sulfonamides is 1. The molecular weight excluding hydrogens is 284 g/mol. The first kappa shape index (κ1) is 16.5. The molecule has 118 valence electrons. The fraction of sp³-hybridized carbons (Fsp3) is 0.625. The van der Waals surface area contributed by atoms with Crippen molar-refractivity contribution in [2.45, 2.75) is 57.4 Å². The standard InChI is InChI=1S/C16H26N2O2S/c1-13-6-7-15(10-14(13)11-17)21(19,20)18-12-16(2)8-4-3-5-9-16/h6-7,10,18H,3-5,8-9,11-12,17H2,1-2H3. The topological polar surface area (TPSA) is 72.2 Å². The van der Waals surface area contributed by atoms with E-state index in [0.717, 1.165) is 24.0 Å². The van der Waals surface area contributed by atoms with Crippen LogP contribution < -0.4 is 10.5 Å². The highest BCUT2D eigenvalue weighted by molar-refractivity contribution is 7.89. The first-order valence-electron chi connectivity index (χ1n) is 7.66. The molecular formula is C16H26N2O2S. The Hall–Kier alpha value is -0.910. The van der Waals surface area contributed by atoms with E-state index in [1.807, 2.05) is 13.0 Å². The lowest BCUT2D eigenvalue weighted by Crippen LogP contribution is -2.37. The summed E-state index contributed by atoms with van der Waals surface area (Å²) in [6.45, 7) is 4.98. The highest BCUT2D eigenvalue weighted by Crippen LogP contribution is 2.35. The van der Waals surface area contributed by atoms with Gasteiger partial charge in [-0.2, -0.15) is 0 Å². The molecule has 3 N–H and O–H groups in total. The third-order valence-corrected chi connectivity index (χ3v) is 6.00. The molecule has 1 aliphatic rings. The molecule has 5 heteroatoms. The Labute approximate surface area is 128 Å². The molecule has 1 saturated carbocycles. The summed E-state index contributed by atoms with van der Waals surface area (Å²) in [6, 6.07) is 5.15. The lowest BCUT2D eigenvalue weighted by Gasteiger charge is -2.33. The van der Waals surface area contributed by atoms with Crippen LogP contribution in [0.5, 0.6) is 0 Å². The number of nitrogens with two attached hydrogens (primary N) is 1. The van der Waals surface area contributed by atoms with Crippen LogP contribution in [0.3, 0.4) is 0 Å². The van der Waals surface area contributed by atoms with E-state index in [9.17, 15) is 8.42 Å². The van der Waals surface area contributed by atoms with Crippen molar-refractivity contribution >= 4 is 10.0 Å². The van der Waals surface area contributed by atoms with Crippen LogP contribution in [0.15, 0.2) is 23.1 Å². The zero-order valence-corrected chi connectivity index (χ0v) is 13.8. The van der Waals surface area contributed by atoms with Crippen molar-refractivity contribution in [3.63, 3.8) is 0 Å². The van der Waals surface area contributed by atoms with Gasteiger partial charge in [0.25, 0.3) is 0 Å². The summed E-state index contributed by atoms with van der Waals surface area (Å²) >= 11 is 0. The van der Waals surface area contributed by atoms with Crippen LogP contribution in [-0.2, 0) is 16.6 Å². The van der Waals surface area contributed by atoms with Crippen molar-refractivity contribution in [3.8, 4) is 0 Å². The van der Waals surface area contributed by atoms with Crippen molar-refractivity contribution in [3.05, 3.63) is 29.3 Å². The van der Waals surface area contributed by atoms with Gasteiger partial charge in [-0.15, -0.1) is 0 Å². The lowest BCUT2D eigenvalue weighted by atomic mass is 9.76. The number of hydrogen-bond donors (Lipinski definition) is 2. The minimum Gasteiger partial charge on any atom is -0.326 e. The minimum absolute atomic E-state index is 0.0900. The van der Waals surface area contributed by atoms with Gasteiger partial charge in [-0.25, -0.2) is 13.1 Å². The summed E-state index contributed by atoms with van der Waals surface area (Å²) in [5, 5.41) is 0. The maximum absolute atomic E-state index is 12.4. The molecule has 1 fully saturated rings. The van der Waals surface area contributed by atoms with E-state index in [2.05, 4.69) is 11.6 Å². The molecule has 0 atom stereocenters. The van der Waals surface area contributed by atoms with Gasteiger partial charge in [0.1, 0.15) is 0 Å². The fourth-order valence-corrected chi connectivity index (χ4v) is 4.22. The number of rotatable bonds is 5. The number of aryl methyl sites for hydroxylation is 1. The first-order valence-corrected chi connectivity index (χ1v) is 9.14. The van der Waals surface area contributed by atoms with E-state index < -0.39 is 10.0 Å². The van der Waals surface area contributed by atoms with Gasteiger partial charge >= 0.3 is 0 Å². The van der Waals surface area contributed by atoms with E-state index in [4.69, 9.17) is 5.73 Å². The Kier molecular flexibility index (Phi) is 5.07. The zero-order valence-electron chi connectivity index (χ0n) is 13.0. The van der Waals surface area contributed by atoms with Crippen molar-refractivity contribution in [2.24, 2.45) is 11.1 Å². The van der Waals surface area contributed by atoms with Crippen molar-refractivity contribution < 1.29 is 8.42 Å². The quantitative estimate of drug-likeness (QED) is 0.878. The second-order valence-electron chi connectivity index (χ2n) is 6.49. The normalized spacial score (nSPS) is 18.6. The maximum Gasteiger partial charge on any atom is 0.240 e. The maximum atomic E-state index is 12.4. The highest BCUT2D eigenvalue weighted by atomic mass is 32.2. The largest absolute Gasteiger partial charge is 0.326 e. The van der Waals surface area contributed by atoms with Gasteiger partial charge in [0, 0.05) is 13.1 Å². The fourth-order valence-electron chi connectivity index (χ4n) is 2.97. The molecule has 0 radical (unpaired) electrons. The SMILES string of the molecule is Cc1ccc(S(=O)(=O)NCC2(C)CCCCC2)cc1CN. The van der Waals surface area contributed by atoms with E-state index in [1.54, 1.807) is 12.1 Å². The molecule has 0 unspecified atom stereocenters. The summed E-state index contributed by atoms with van der Waals surface area (Å²) in [6.07, 6.45) is 5.84. The Morgan fingerprint density at radius 2 is 1.90 bits per heavy atom. The van der Waals surface area contributed by atoms with E-state index in [-0.39, 0.29) is 5.41 Å². The van der Waals surface area contributed by atoms with Gasteiger partial charge in [-0.1, -0.05) is 32.3 Å². The monoisotopic (exact) mass is 310 g/mol. The average Bonchev–Trinajstić information content (AvgIpc) is 2.46. The number of hydrogen-bond acceptors (Lipinski definition) is 3. The van der Waals surface area contributed by atoms with Crippen LogP contribution in [-0.4, -0.2) is 15.0 Å². The average molecular weight is 310 g/mol. The molecule has 0 aliphatic heterocycles. The summed E-state index contributed by atoms with van der Waals surface area (Å²) in [5.41, 5.74) is 7.65. The predicted molar refractivity (Wildman–Crippen MR) is 85.5 cm³/mol. The van der Waals surface area contributed by atoms with Crippen molar-refractivity contribution in [2.75, 3.05) is 6.54 Å². The summed E-state index contributed by atoms with van der Waals surface area (Å²) in [7, 11) is -3.45. The van der Waals surface area contributed by atoms with E-state index >= 15 is 0 Å². The second kappa shape index (κ2) is 6.46. The molecule has 2 rings (SSSR count). The van der Waals surface area contributed by atoms with Crippen LogP contribution >= 0.6 is 0 Å². The zero-order chi connectivity index (χ0) is 15.5. The highest BCUT2D eigenvalue weighted by Gasteiger charge is 2.28. The van der Waals surface area contributed by atoms with Crippen LogP contribution in [0.25, 0.3) is 0 Å². The molecule has 0 aromatic heterocycles. The van der Waals surface area contributed by atoms with Gasteiger partial charge < -0.3 is 5.73 Å². The summed E-state index contributed by atoms with van der Waals surface area (Å²) in [5.74, 6) is 0. The Morgan fingerprint density at radius 3 is 2.52 bits per heavy atom. The lowest BCUT2D eigenvalue weighted by molar-refractivity contribution is 0.219. The molecule has 0 heterocycles. The predicted octanol–water partition coefficient (Wildman–Crippen LogP) is 2.70. The number of benzene rings is 1. The van der Waals surface area contributed by atoms with Gasteiger partial charge in [0.15, 0.2) is 0 Å². The molecule has 0 amide bonds. The van der Waals surface area contributed by atoms with Gasteiger partial charge in [-0.3, -0.25) is 0 Å². The van der Waals surface area contributed by atoms with Crippen LogP contribution in [0, 0.1) is 12.3 Å². The second-order valence-corrected chi connectivity index (χ2v) is 8.26. The molecule has 1 aromatic rings. The summed E-state index contributed by atoms with van der Waals surface area (Å²) < 4.78 is 27.7. The first-order chi connectivity index (χ1) is 9.86. The van der Waals surface area contributed by atoms with E-state index in [0.29, 0.717) is 18.0 Å². The Balaban J connectivity index is 2.11. The van der Waals surface area contributed by atoms with Gasteiger partial charge in [0.05, 0.1) is 4.90 Å². The van der Waals surface area contributed by atoms with Gasteiger partial charge in [0.2, 0.25) is 10.0 Å². The van der Waals surface area contributed by atoms with Crippen LogP contribution in [0.4, 0.5) is 0 Å². The molecule has 0 bridgehead atoms. The molecule has 1 aromatic carbocycles. The molecule has 21 heavy (non-hydrogen) atoms. The Bertz CT molecular complexity index is 590. The number of nitrogens with one attached hydrogen (secondary N) is 1. The molecule has 0 spiro atoms. The van der Waals surface area contributed by atoms with Crippen molar-refractivity contribution in [1.29, 1.82) is 0 Å². The molecule has 1 aliphatic carbocycles. The third kappa shape index (κ3) is 4.05. The Morgan fingerprint density at radius 1 is 1.24 bits per heavy atom. The third-order valence-electron chi connectivity index (χ3n) is 4.60. The summed E-state index contributed by atoms with van der Waals surface area (Å²) in [4.78, 5) is 0.313. The molecule has 0 saturated heterocycles. The minimum atomic E-state index is -3.45. The van der Waals surface area contributed by atoms with Crippen LogP contribution in [0.2, 0.25) is 0 Å². The van der Waals surface area contributed by atoms with Crippen LogP contribution in [0.1, 0.15) is 50.2 Å². The smallest absolute Gasteiger partial charge is 0.240 e. The van der Waals surface area contributed by atoms with E-state index in [1.165, 1.54) is 19.3 Å². The molecule has 4 nitrogen and oxygen atoms in total. The van der Waals surface area contributed by atoms with Gasteiger partial charge in [-0.05, 0) is 48.4 Å². The van der Waals surface area contributed by atoms with Crippen molar-refractivity contribution in [1.82, 2.24) is 4.72 Å².